The Morgan fingerprint density at radius 3 is 2.07 bits per heavy atom. The Labute approximate surface area is 180 Å². The van der Waals surface area contributed by atoms with Gasteiger partial charge in [0.1, 0.15) is 11.5 Å². The first-order valence-electron chi connectivity index (χ1n) is 10.1. The minimum Gasteiger partial charge on any atom is -0.493 e. The lowest BCUT2D eigenvalue weighted by molar-refractivity contribution is -0.139. The summed E-state index contributed by atoms with van der Waals surface area (Å²) in [5, 5.41) is 0. The first-order chi connectivity index (χ1) is 14.2. The molecule has 0 aliphatic heterocycles. The molecule has 4 heteroatoms. The first kappa shape index (κ1) is 23.3. The Balaban J connectivity index is 2.04. The molecule has 4 nitrogen and oxygen atoms in total. The number of hydrogen-bond acceptors (Lipinski definition) is 4. The predicted molar refractivity (Wildman–Crippen MR) is 121 cm³/mol. The molecule has 0 aliphatic rings. The van der Waals surface area contributed by atoms with E-state index in [2.05, 4.69) is 51.3 Å². The van der Waals surface area contributed by atoms with Gasteiger partial charge < -0.3 is 14.2 Å². The molecule has 0 heterocycles. The molecular weight excluding hydrogens is 376 g/mol. The van der Waals surface area contributed by atoms with E-state index in [0.717, 1.165) is 22.6 Å². The number of carbonyl (C=O) groups excluding carboxylic acids is 1. The summed E-state index contributed by atoms with van der Waals surface area (Å²) >= 11 is 0. The van der Waals surface area contributed by atoms with Crippen molar-refractivity contribution >= 4 is 5.97 Å². The molecule has 2 rings (SSSR count). The second-order valence-corrected chi connectivity index (χ2v) is 7.99. The van der Waals surface area contributed by atoms with Crippen LogP contribution in [0.25, 0.3) is 0 Å². The van der Waals surface area contributed by atoms with Crippen molar-refractivity contribution in [1.29, 1.82) is 0 Å². The zero-order valence-electron chi connectivity index (χ0n) is 18.7. The van der Waals surface area contributed by atoms with Crippen LogP contribution >= 0.6 is 0 Å². The summed E-state index contributed by atoms with van der Waals surface area (Å²) in [6.45, 7) is 18.1. The lowest BCUT2D eigenvalue weighted by Crippen LogP contribution is -2.19. The van der Waals surface area contributed by atoms with Gasteiger partial charge in [-0.05, 0) is 55.2 Å². The fourth-order valence-electron chi connectivity index (χ4n) is 3.16. The summed E-state index contributed by atoms with van der Waals surface area (Å²) in [5.41, 5.74) is 4.80. The van der Waals surface area contributed by atoms with Gasteiger partial charge in [0.25, 0.3) is 0 Å². The van der Waals surface area contributed by atoms with Crippen molar-refractivity contribution in [2.75, 3.05) is 13.2 Å². The highest BCUT2D eigenvalue weighted by molar-refractivity contribution is 5.86. The third kappa shape index (κ3) is 5.76. The lowest BCUT2D eigenvalue weighted by atomic mass is 9.77. The van der Waals surface area contributed by atoms with Gasteiger partial charge in [0.15, 0.2) is 0 Å². The Morgan fingerprint density at radius 1 is 1.00 bits per heavy atom. The van der Waals surface area contributed by atoms with Gasteiger partial charge in [-0.3, -0.25) is 0 Å². The van der Waals surface area contributed by atoms with Gasteiger partial charge >= 0.3 is 5.97 Å². The summed E-state index contributed by atoms with van der Waals surface area (Å²) in [7, 11) is 0. The van der Waals surface area contributed by atoms with Gasteiger partial charge in [-0.2, -0.15) is 0 Å². The van der Waals surface area contributed by atoms with Crippen LogP contribution in [0.5, 0.6) is 11.5 Å². The van der Waals surface area contributed by atoms with E-state index in [0.29, 0.717) is 25.2 Å². The van der Waals surface area contributed by atoms with Crippen molar-refractivity contribution in [2.45, 2.75) is 46.5 Å². The molecule has 0 radical (unpaired) electrons. The van der Waals surface area contributed by atoms with Crippen LogP contribution in [0.4, 0.5) is 0 Å². The molecule has 0 spiro atoms. The van der Waals surface area contributed by atoms with E-state index >= 15 is 0 Å². The Hall–Kier alpha value is -3.01. The Kier molecular flexibility index (Phi) is 7.87. The number of carbonyl (C=O) groups is 1. The zero-order valence-corrected chi connectivity index (χ0v) is 18.7. The molecule has 0 bridgehead atoms. The summed E-state index contributed by atoms with van der Waals surface area (Å²) in [6, 6.07) is 12.5. The SMILES string of the molecule is C=COc1ccc(C(C)(C)c2ccc(OCCCOC(=O)C(=C)C)c(C)c2)cc1C. The first-order valence-corrected chi connectivity index (χ1v) is 10.1. The maximum atomic E-state index is 11.4. The number of aryl methyl sites for hydroxylation is 2. The highest BCUT2D eigenvalue weighted by Crippen LogP contribution is 2.35. The van der Waals surface area contributed by atoms with Gasteiger partial charge in [-0.25, -0.2) is 4.79 Å². The minimum atomic E-state index is -0.364. The maximum absolute atomic E-state index is 11.4. The second kappa shape index (κ2) is 10.1. The fourth-order valence-corrected chi connectivity index (χ4v) is 3.16. The highest BCUT2D eigenvalue weighted by Gasteiger charge is 2.24. The van der Waals surface area contributed by atoms with Crippen molar-refractivity contribution in [1.82, 2.24) is 0 Å². The van der Waals surface area contributed by atoms with Gasteiger partial charge in [0.05, 0.1) is 19.5 Å². The monoisotopic (exact) mass is 408 g/mol. The van der Waals surface area contributed by atoms with Crippen LogP contribution in [0.1, 0.15) is 49.4 Å². The third-order valence-corrected chi connectivity index (χ3v) is 5.13. The van der Waals surface area contributed by atoms with E-state index in [-0.39, 0.29) is 11.4 Å². The Morgan fingerprint density at radius 2 is 1.57 bits per heavy atom. The standard InChI is InChI=1S/C26H32O4/c1-8-28-23-12-10-21(16-19(23)4)26(6,7)22-11-13-24(20(5)17-22)29-14-9-15-30-25(27)18(2)3/h8,10-13,16-17H,1-2,9,14-15H2,3-7H3. The van der Waals surface area contributed by atoms with Crippen LogP contribution in [0.15, 0.2) is 61.4 Å². The van der Waals surface area contributed by atoms with E-state index < -0.39 is 0 Å². The zero-order chi connectivity index (χ0) is 22.3. The van der Waals surface area contributed by atoms with Crippen LogP contribution in [0.3, 0.4) is 0 Å². The molecule has 0 N–H and O–H groups in total. The number of ether oxygens (including phenoxy) is 3. The molecule has 2 aromatic carbocycles. The van der Waals surface area contributed by atoms with E-state index in [9.17, 15) is 4.79 Å². The predicted octanol–water partition coefficient (Wildman–Crippen LogP) is 6.04. The number of hydrogen-bond donors (Lipinski definition) is 0. The van der Waals surface area contributed by atoms with Gasteiger partial charge in [0.2, 0.25) is 0 Å². The molecule has 0 fully saturated rings. The lowest BCUT2D eigenvalue weighted by Gasteiger charge is -2.27. The number of esters is 1. The molecule has 0 aromatic heterocycles. The summed E-state index contributed by atoms with van der Waals surface area (Å²) in [4.78, 5) is 11.4. The van der Waals surface area contributed by atoms with Crippen LogP contribution in [-0.2, 0) is 14.9 Å². The number of benzene rings is 2. The van der Waals surface area contributed by atoms with Gasteiger partial charge in [-0.1, -0.05) is 51.3 Å². The molecule has 0 amide bonds. The smallest absolute Gasteiger partial charge is 0.333 e. The fraction of sp³-hybridized carbons (Fsp3) is 0.346. The molecule has 30 heavy (non-hydrogen) atoms. The van der Waals surface area contributed by atoms with Gasteiger partial charge in [0, 0.05) is 17.4 Å². The van der Waals surface area contributed by atoms with Crippen LogP contribution in [0.2, 0.25) is 0 Å². The second-order valence-electron chi connectivity index (χ2n) is 7.99. The van der Waals surface area contributed by atoms with E-state index in [4.69, 9.17) is 14.2 Å². The van der Waals surface area contributed by atoms with Crippen LogP contribution in [0, 0.1) is 13.8 Å². The van der Waals surface area contributed by atoms with Crippen LogP contribution in [-0.4, -0.2) is 19.2 Å². The third-order valence-electron chi connectivity index (χ3n) is 5.13. The average Bonchev–Trinajstić information content (AvgIpc) is 2.70. The van der Waals surface area contributed by atoms with Crippen molar-refractivity contribution in [3.8, 4) is 11.5 Å². The molecule has 0 saturated heterocycles. The molecule has 0 saturated carbocycles. The van der Waals surface area contributed by atoms with Crippen molar-refractivity contribution in [3.63, 3.8) is 0 Å². The molecule has 0 unspecified atom stereocenters. The van der Waals surface area contributed by atoms with Gasteiger partial charge in [-0.15, -0.1) is 0 Å². The van der Waals surface area contributed by atoms with E-state index in [1.165, 1.54) is 17.4 Å². The molecular formula is C26H32O4. The Bertz CT molecular complexity index is 925. The molecule has 160 valence electrons. The summed E-state index contributed by atoms with van der Waals surface area (Å²) in [6.07, 6.45) is 2.07. The van der Waals surface area contributed by atoms with Crippen LogP contribution < -0.4 is 9.47 Å². The summed E-state index contributed by atoms with van der Waals surface area (Å²) in [5.74, 6) is 1.29. The quantitative estimate of drug-likeness (QED) is 0.208. The van der Waals surface area contributed by atoms with Crippen molar-refractivity contribution in [3.05, 3.63) is 83.6 Å². The van der Waals surface area contributed by atoms with E-state index in [1.807, 2.05) is 26.0 Å². The van der Waals surface area contributed by atoms with Crippen molar-refractivity contribution < 1.29 is 19.0 Å². The molecule has 2 aromatic rings. The minimum absolute atomic E-state index is 0.169. The normalized spacial score (nSPS) is 11.0. The summed E-state index contributed by atoms with van der Waals surface area (Å²) < 4.78 is 16.4. The number of rotatable bonds is 10. The molecule has 0 aliphatic carbocycles. The largest absolute Gasteiger partial charge is 0.493 e. The topological polar surface area (TPSA) is 44.8 Å². The average molecular weight is 409 g/mol. The molecule has 0 atom stereocenters. The highest BCUT2D eigenvalue weighted by atomic mass is 16.5. The van der Waals surface area contributed by atoms with Crippen molar-refractivity contribution in [2.24, 2.45) is 0 Å². The van der Waals surface area contributed by atoms with E-state index in [1.54, 1.807) is 6.92 Å². The maximum Gasteiger partial charge on any atom is 0.333 e.